The monoisotopic (exact) mass is 637 g/mol. The van der Waals surface area contributed by atoms with Gasteiger partial charge in [-0.2, -0.15) is 26.3 Å². The molecule has 17 heteroatoms. The summed E-state index contributed by atoms with van der Waals surface area (Å²) in [6.45, 7) is 4.13. The molecule has 0 aliphatic carbocycles. The number of guanidine groups is 1. The summed E-state index contributed by atoms with van der Waals surface area (Å²) in [5.74, 6) is -4.08. The van der Waals surface area contributed by atoms with Gasteiger partial charge in [-0.15, -0.1) is 0 Å². The highest BCUT2D eigenvalue weighted by molar-refractivity contribution is 6.35. The lowest BCUT2D eigenvalue weighted by Gasteiger charge is -2.45. The average Bonchev–Trinajstić information content (AvgIpc) is 2.88. The molecule has 234 valence electrons. The van der Waals surface area contributed by atoms with Gasteiger partial charge in [-0.3, -0.25) is 24.9 Å². The predicted octanol–water partition coefficient (Wildman–Crippen LogP) is 5.18. The lowest BCUT2D eigenvalue weighted by Crippen LogP contribution is -2.63. The molecule has 1 aromatic carbocycles. The van der Waals surface area contributed by atoms with Crippen LogP contribution in [0.4, 0.5) is 32.0 Å². The lowest BCUT2D eigenvalue weighted by atomic mass is 9.85. The molecule has 2 aromatic rings. The van der Waals surface area contributed by atoms with E-state index in [-0.39, 0.29) is 41.1 Å². The van der Waals surface area contributed by atoms with Crippen LogP contribution in [0.1, 0.15) is 54.6 Å². The molecular formula is C26H26ClF6N5O5. The third-order valence-corrected chi connectivity index (χ3v) is 7.09. The molecule has 2 aliphatic rings. The molecular weight excluding hydrogens is 612 g/mol. The Morgan fingerprint density at radius 3 is 2.44 bits per heavy atom. The number of nitrogens with zero attached hydrogens (tertiary/aromatic N) is 2. The van der Waals surface area contributed by atoms with Crippen LogP contribution in [0, 0.1) is 5.41 Å². The number of benzene rings is 1. The van der Waals surface area contributed by atoms with Gasteiger partial charge in [0.15, 0.2) is 5.96 Å². The van der Waals surface area contributed by atoms with Crippen LogP contribution in [0.2, 0.25) is 5.02 Å². The zero-order valence-electron chi connectivity index (χ0n) is 22.6. The molecule has 10 nitrogen and oxygen atoms in total. The first-order valence-electron chi connectivity index (χ1n) is 12.6. The van der Waals surface area contributed by atoms with Crippen molar-refractivity contribution in [2.75, 3.05) is 11.9 Å². The summed E-state index contributed by atoms with van der Waals surface area (Å²) >= 11 is 6.59. The number of halogens is 7. The molecule has 2 fully saturated rings. The van der Waals surface area contributed by atoms with Gasteiger partial charge in [0.25, 0.3) is 5.91 Å². The number of carbonyl (C=O) groups excluding carboxylic acids is 2. The van der Waals surface area contributed by atoms with Crippen molar-refractivity contribution >= 4 is 41.0 Å². The highest BCUT2D eigenvalue weighted by Gasteiger charge is 2.44. The maximum absolute atomic E-state index is 13.3. The van der Waals surface area contributed by atoms with Crippen molar-refractivity contribution in [3.8, 4) is 0 Å². The second-order valence-corrected chi connectivity index (χ2v) is 10.3. The number of anilines is 1. The minimum Gasteiger partial charge on any atom is -0.475 e. The molecule has 2 amide bonds. The Labute approximate surface area is 245 Å². The van der Waals surface area contributed by atoms with Crippen LogP contribution in [0.5, 0.6) is 0 Å². The van der Waals surface area contributed by atoms with Crippen molar-refractivity contribution in [1.82, 2.24) is 15.2 Å². The fourth-order valence-corrected chi connectivity index (χ4v) is 5.08. The Hall–Kier alpha value is -3.92. The molecule has 4 rings (SSSR count). The predicted molar refractivity (Wildman–Crippen MR) is 140 cm³/mol. The van der Waals surface area contributed by atoms with Crippen molar-refractivity contribution in [2.45, 2.75) is 63.1 Å². The molecule has 3 heterocycles. The third-order valence-electron chi connectivity index (χ3n) is 6.69. The molecule has 3 atom stereocenters. The number of carbonyl (C=O) groups is 3. The van der Waals surface area contributed by atoms with Crippen LogP contribution in [0.25, 0.3) is 0 Å². The molecule has 0 saturated carbocycles. The van der Waals surface area contributed by atoms with E-state index in [1.165, 1.54) is 11.0 Å². The number of carboxylic acids is 1. The summed E-state index contributed by atoms with van der Waals surface area (Å²) in [5.41, 5.74) is -2.35. The fraction of sp³-hybridized carbons (Fsp3) is 0.423. The minimum atomic E-state index is -5.08. The van der Waals surface area contributed by atoms with Crippen molar-refractivity contribution in [1.29, 1.82) is 5.41 Å². The van der Waals surface area contributed by atoms with E-state index >= 15 is 0 Å². The maximum atomic E-state index is 13.3. The van der Waals surface area contributed by atoms with Gasteiger partial charge in [0.2, 0.25) is 5.91 Å². The van der Waals surface area contributed by atoms with Crippen molar-refractivity contribution in [2.24, 2.45) is 0 Å². The summed E-state index contributed by atoms with van der Waals surface area (Å²) in [7, 11) is 0. The van der Waals surface area contributed by atoms with Gasteiger partial charge in [-0.25, -0.2) is 4.79 Å². The first kappa shape index (κ1) is 33.6. The number of aliphatic carboxylic acids is 1. The number of nitrogens with one attached hydrogen (secondary N) is 3. The molecule has 0 unspecified atom stereocenters. The van der Waals surface area contributed by atoms with Gasteiger partial charge in [0.1, 0.15) is 0 Å². The maximum Gasteiger partial charge on any atom is 0.490 e. The number of amides is 2. The minimum absolute atomic E-state index is 0.0131. The first-order chi connectivity index (χ1) is 19.8. The van der Waals surface area contributed by atoms with E-state index in [2.05, 4.69) is 15.6 Å². The summed E-state index contributed by atoms with van der Waals surface area (Å²) in [4.78, 5) is 39.7. The number of hydrogen-bond acceptors (Lipinski definition) is 6. The van der Waals surface area contributed by atoms with Gasteiger partial charge in [0.05, 0.1) is 39.9 Å². The van der Waals surface area contributed by atoms with Crippen LogP contribution in [0.15, 0.2) is 36.7 Å². The van der Waals surface area contributed by atoms with E-state index in [9.17, 15) is 35.9 Å². The Bertz CT molecular complexity index is 1390. The number of hydrogen-bond donors (Lipinski definition) is 4. The Morgan fingerprint density at radius 1 is 1.23 bits per heavy atom. The summed E-state index contributed by atoms with van der Waals surface area (Å²) in [5, 5.41) is 21.2. The van der Waals surface area contributed by atoms with E-state index in [4.69, 9.17) is 31.6 Å². The zero-order valence-corrected chi connectivity index (χ0v) is 23.3. The smallest absolute Gasteiger partial charge is 0.475 e. The van der Waals surface area contributed by atoms with E-state index in [1.54, 1.807) is 19.1 Å². The zero-order chi connectivity index (χ0) is 32.3. The highest BCUT2D eigenvalue weighted by atomic mass is 35.5. The van der Waals surface area contributed by atoms with Crippen molar-refractivity contribution in [3.05, 3.63) is 58.4 Å². The molecule has 0 radical (unpaired) electrons. The molecule has 1 aromatic heterocycles. The van der Waals surface area contributed by atoms with Crippen LogP contribution >= 0.6 is 11.6 Å². The Balaban J connectivity index is 0.000000646. The highest BCUT2D eigenvalue weighted by Crippen LogP contribution is 2.39. The average molecular weight is 638 g/mol. The SMILES string of the molecule is C[C@@H]1C[C@H](N2C(=N)N[C@](C)(c3cccc(NC(=O)c4ccncc4C(F)(F)F)c3Cl)CC2=O)CCO1.O=C(O)C(F)(F)F. The molecule has 0 bridgehead atoms. The standard InChI is InChI=1S/C24H25ClF3N5O3.C2HF3O2/c1-13-10-14(7-9-36-13)33-19(34)11-23(2,32-22(33)29)16-4-3-5-18(20(16)25)31-21(35)15-6-8-30-12-17(15)24(26,27)28;3-2(4,5)1(6)7/h3-6,8,12-14H,7,9-11H2,1-2H3,(H2,29,32)(H,31,35);(H,6,7)/t13-,14-,23+;/m1./s1. The number of alkyl halides is 6. The van der Waals surface area contributed by atoms with Gasteiger partial charge in [0, 0.05) is 25.0 Å². The van der Waals surface area contributed by atoms with Gasteiger partial charge >= 0.3 is 18.3 Å². The van der Waals surface area contributed by atoms with Crippen molar-refractivity contribution in [3.63, 3.8) is 0 Å². The summed E-state index contributed by atoms with van der Waals surface area (Å²) < 4.78 is 77.3. The second kappa shape index (κ2) is 12.8. The molecule has 4 N–H and O–H groups in total. The number of pyridine rings is 1. The number of carboxylic acid groups (broad SMARTS) is 1. The number of aromatic nitrogens is 1. The summed E-state index contributed by atoms with van der Waals surface area (Å²) in [6.07, 6.45) is -6.97. The van der Waals surface area contributed by atoms with Crippen LogP contribution in [0.3, 0.4) is 0 Å². The van der Waals surface area contributed by atoms with Crippen LogP contribution in [-0.4, -0.2) is 63.7 Å². The molecule has 0 spiro atoms. The molecule has 2 aliphatic heterocycles. The molecule has 43 heavy (non-hydrogen) atoms. The van der Waals surface area contributed by atoms with Gasteiger partial charge < -0.3 is 20.5 Å². The number of rotatable bonds is 4. The van der Waals surface area contributed by atoms with E-state index in [1.807, 2.05) is 6.92 Å². The van der Waals surface area contributed by atoms with E-state index < -0.39 is 40.9 Å². The van der Waals surface area contributed by atoms with E-state index in [0.717, 1.165) is 12.3 Å². The topological polar surface area (TPSA) is 145 Å². The van der Waals surface area contributed by atoms with Gasteiger partial charge in [-0.1, -0.05) is 23.7 Å². The first-order valence-corrected chi connectivity index (χ1v) is 12.9. The van der Waals surface area contributed by atoms with Crippen molar-refractivity contribution < 1.29 is 50.6 Å². The quantitative estimate of drug-likeness (QED) is 0.338. The largest absolute Gasteiger partial charge is 0.490 e. The second-order valence-electron chi connectivity index (χ2n) is 9.95. The van der Waals surface area contributed by atoms with Crippen LogP contribution < -0.4 is 10.6 Å². The third kappa shape index (κ3) is 7.93. The lowest BCUT2D eigenvalue weighted by molar-refractivity contribution is -0.192. The summed E-state index contributed by atoms with van der Waals surface area (Å²) in [6, 6.07) is 5.49. The fourth-order valence-electron chi connectivity index (χ4n) is 4.70. The Morgan fingerprint density at radius 2 is 1.88 bits per heavy atom. The number of ether oxygens (including phenoxy) is 1. The molecule has 2 saturated heterocycles. The van der Waals surface area contributed by atoms with Crippen LogP contribution in [-0.2, 0) is 26.0 Å². The Kier molecular flexibility index (Phi) is 9.96. The normalized spacial score (nSPS) is 22.7. The van der Waals surface area contributed by atoms with E-state index in [0.29, 0.717) is 31.2 Å². The van der Waals surface area contributed by atoms with Gasteiger partial charge in [-0.05, 0) is 44.4 Å².